The Labute approximate surface area is 103 Å². The van der Waals surface area contributed by atoms with E-state index in [0.717, 1.165) is 18.9 Å². The Bertz CT molecular complexity index is 285. The first-order valence-electron chi connectivity index (χ1n) is 6.19. The molecule has 0 aromatic heterocycles. The first-order valence-corrected chi connectivity index (χ1v) is 6.19. The molecule has 0 amide bonds. The van der Waals surface area contributed by atoms with Gasteiger partial charge in [-0.2, -0.15) is 0 Å². The first kappa shape index (κ1) is 14.2. The van der Waals surface area contributed by atoms with Crippen molar-refractivity contribution < 1.29 is 19.0 Å². The van der Waals surface area contributed by atoms with Crippen molar-refractivity contribution in [2.75, 3.05) is 6.61 Å². The summed E-state index contributed by atoms with van der Waals surface area (Å²) in [5.74, 6) is -2.06. The van der Waals surface area contributed by atoms with Gasteiger partial charge in [-0.1, -0.05) is 26.8 Å². The Morgan fingerprint density at radius 3 is 2.71 bits per heavy atom. The molecule has 0 aromatic carbocycles. The van der Waals surface area contributed by atoms with Crippen LogP contribution < -0.4 is 0 Å². The van der Waals surface area contributed by atoms with Crippen LogP contribution in [-0.4, -0.2) is 24.2 Å². The van der Waals surface area contributed by atoms with Gasteiger partial charge in [0, 0.05) is 12.5 Å². The van der Waals surface area contributed by atoms with Gasteiger partial charge in [0.2, 0.25) is 5.79 Å². The van der Waals surface area contributed by atoms with E-state index in [0.29, 0.717) is 12.8 Å². The van der Waals surface area contributed by atoms with E-state index in [1.807, 2.05) is 13.8 Å². The Kier molecular flexibility index (Phi) is 4.71. The van der Waals surface area contributed by atoms with E-state index in [2.05, 4.69) is 13.5 Å². The van der Waals surface area contributed by atoms with Gasteiger partial charge in [0.15, 0.2) is 5.79 Å². The molecule has 2 unspecified atom stereocenters. The zero-order valence-corrected chi connectivity index (χ0v) is 11.0. The monoisotopic (exact) mass is 242 g/mol. The molecule has 1 heterocycles. The average molecular weight is 242 g/mol. The summed E-state index contributed by atoms with van der Waals surface area (Å²) < 4.78 is 16.8. The van der Waals surface area contributed by atoms with Crippen LogP contribution >= 0.6 is 0 Å². The largest absolute Gasteiger partial charge is 0.427 e. The standard InChI is InChI=1S/C13H22O4/c1-5-8-9-13(16-11(14)6-2)10-15-12(4,7-3)17-13/h6H,2,5,7-10H2,1,3-4H3. The summed E-state index contributed by atoms with van der Waals surface area (Å²) in [5.41, 5.74) is 0. The molecular weight excluding hydrogens is 220 g/mol. The van der Waals surface area contributed by atoms with E-state index in [1.54, 1.807) is 0 Å². The van der Waals surface area contributed by atoms with Crippen LogP contribution in [0.25, 0.3) is 0 Å². The predicted octanol–water partition coefficient (Wildman–Crippen LogP) is 2.78. The summed E-state index contributed by atoms with van der Waals surface area (Å²) in [4.78, 5) is 11.4. The average Bonchev–Trinajstić information content (AvgIpc) is 2.66. The van der Waals surface area contributed by atoms with Crippen LogP contribution in [0.4, 0.5) is 0 Å². The van der Waals surface area contributed by atoms with Gasteiger partial charge < -0.3 is 14.2 Å². The van der Waals surface area contributed by atoms with Crippen LogP contribution in [-0.2, 0) is 19.0 Å². The van der Waals surface area contributed by atoms with Gasteiger partial charge in [0.1, 0.15) is 6.61 Å². The Morgan fingerprint density at radius 2 is 2.24 bits per heavy atom. The summed E-state index contributed by atoms with van der Waals surface area (Å²) in [5, 5.41) is 0. The second kappa shape index (κ2) is 5.65. The topological polar surface area (TPSA) is 44.8 Å². The summed E-state index contributed by atoms with van der Waals surface area (Å²) in [6.45, 7) is 9.61. The fourth-order valence-corrected chi connectivity index (χ4v) is 1.78. The van der Waals surface area contributed by atoms with E-state index >= 15 is 0 Å². The van der Waals surface area contributed by atoms with Crippen LogP contribution in [0.1, 0.15) is 46.5 Å². The molecule has 4 nitrogen and oxygen atoms in total. The van der Waals surface area contributed by atoms with Crippen LogP contribution in [0, 0.1) is 0 Å². The smallest absolute Gasteiger partial charge is 0.332 e. The second-order valence-electron chi connectivity index (χ2n) is 4.52. The minimum Gasteiger partial charge on any atom is -0.427 e. The Morgan fingerprint density at radius 1 is 1.53 bits per heavy atom. The number of carbonyl (C=O) groups excluding carboxylic acids is 1. The van der Waals surface area contributed by atoms with Gasteiger partial charge in [0.05, 0.1) is 0 Å². The van der Waals surface area contributed by atoms with Gasteiger partial charge >= 0.3 is 5.97 Å². The molecule has 1 saturated heterocycles. The predicted molar refractivity (Wildman–Crippen MR) is 64.3 cm³/mol. The molecule has 17 heavy (non-hydrogen) atoms. The lowest BCUT2D eigenvalue weighted by Crippen LogP contribution is -2.39. The zero-order chi connectivity index (χ0) is 12.9. The maximum atomic E-state index is 11.4. The Balaban J connectivity index is 2.74. The molecule has 0 bridgehead atoms. The lowest BCUT2D eigenvalue weighted by Gasteiger charge is -2.29. The highest BCUT2D eigenvalue weighted by molar-refractivity contribution is 5.81. The highest BCUT2D eigenvalue weighted by Crippen LogP contribution is 2.37. The third kappa shape index (κ3) is 3.54. The minimum atomic E-state index is -0.938. The maximum absolute atomic E-state index is 11.4. The molecule has 2 atom stereocenters. The Hall–Kier alpha value is -0.870. The van der Waals surface area contributed by atoms with E-state index in [-0.39, 0.29) is 6.61 Å². The number of hydrogen-bond donors (Lipinski definition) is 0. The SMILES string of the molecule is C=CC(=O)OC1(CCCC)COC(C)(CC)O1. The fourth-order valence-electron chi connectivity index (χ4n) is 1.78. The van der Waals surface area contributed by atoms with E-state index in [9.17, 15) is 4.79 Å². The number of unbranched alkanes of at least 4 members (excludes halogenated alkanes) is 1. The number of ether oxygens (including phenoxy) is 3. The van der Waals surface area contributed by atoms with Crippen molar-refractivity contribution in [2.45, 2.75) is 58.0 Å². The van der Waals surface area contributed by atoms with Crippen molar-refractivity contribution in [3.63, 3.8) is 0 Å². The first-order chi connectivity index (χ1) is 7.99. The molecule has 0 radical (unpaired) electrons. The van der Waals surface area contributed by atoms with Gasteiger partial charge in [0.25, 0.3) is 0 Å². The molecule has 98 valence electrons. The van der Waals surface area contributed by atoms with Crippen molar-refractivity contribution >= 4 is 5.97 Å². The van der Waals surface area contributed by atoms with Gasteiger partial charge in [-0.05, 0) is 19.8 Å². The molecule has 0 spiro atoms. The molecule has 1 rings (SSSR count). The van der Waals surface area contributed by atoms with Crippen molar-refractivity contribution in [2.24, 2.45) is 0 Å². The van der Waals surface area contributed by atoms with Crippen LogP contribution in [0.15, 0.2) is 12.7 Å². The summed E-state index contributed by atoms with van der Waals surface area (Å²) in [7, 11) is 0. The molecule has 0 aromatic rings. The molecule has 1 aliphatic heterocycles. The summed E-state index contributed by atoms with van der Waals surface area (Å²) >= 11 is 0. The number of esters is 1. The minimum absolute atomic E-state index is 0.289. The molecule has 0 aliphatic carbocycles. The fraction of sp³-hybridized carbons (Fsp3) is 0.769. The van der Waals surface area contributed by atoms with Crippen molar-refractivity contribution in [3.8, 4) is 0 Å². The second-order valence-corrected chi connectivity index (χ2v) is 4.52. The number of rotatable bonds is 6. The third-order valence-corrected chi connectivity index (χ3v) is 3.01. The highest BCUT2D eigenvalue weighted by Gasteiger charge is 2.49. The zero-order valence-electron chi connectivity index (χ0n) is 11.0. The number of carbonyl (C=O) groups is 1. The van der Waals surface area contributed by atoms with Gasteiger partial charge in [-0.15, -0.1) is 0 Å². The third-order valence-electron chi connectivity index (χ3n) is 3.01. The highest BCUT2D eigenvalue weighted by atomic mass is 16.8. The lowest BCUT2D eigenvalue weighted by atomic mass is 10.1. The van der Waals surface area contributed by atoms with Crippen molar-refractivity contribution in [3.05, 3.63) is 12.7 Å². The molecule has 1 aliphatic rings. The van der Waals surface area contributed by atoms with Gasteiger partial charge in [-0.25, -0.2) is 4.79 Å². The summed E-state index contributed by atoms with van der Waals surface area (Å²) in [6, 6.07) is 0. The van der Waals surface area contributed by atoms with Crippen LogP contribution in [0.5, 0.6) is 0 Å². The van der Waals surface area contributed by atoms with Crippen LogP contribution in [0.2, 0.25) is 0 Å². The molecule has 4 heteroatoms. The normalized spacial score (nSPS) is 32.4. The number of hydrogen-bond acceptors (Lipinski definition) is 4. The quantitative estimate of drug-likeness (QED) is 0.530. The van der Waals surface area contributed by atoms with Crippen molar-refractivity contribution in [1.82, 2.24) is 0 Å². The van der Waals surface area contributed by atoms with Crippen LogP contribution in [0.3, 0.4) is 0 Å². The molecule has 0 saturated carbocycles. The molecular formula is C13H22O4. The van der Waals surface area contributed by atoms with Crippen molar-refractivity contribution in [1.29, 1.82) is 0 Å². The maximum Gasteiger partial charge on any atom is 0.332 e. The summed E-state index contributed by atoms with van der Waals surface area (Å²) in [6.07, 6.45) is 4.46. The van der Waals surface area contributed by atoms with E-state index in [4.69, 9.17) is 14.2 Å². The molecule has 0 N–H and O–H groups in total. The molecule has 1 fully saturated rings. The van der Waals surface area contributed by atoms with E-state index < -0.39 is 17.5 Å². The van der Waals surface area contributed by atoms with Gasteiger partial charge in [-0.3, -0.25) is 0 Å². The van der Waals surface area contributed by atoms with E-state index in [1.165, 1.54) is 0 Å². The lowest BCUT2D eigenvalue weighted by molar-refractivity contribution is -0.252.